The van der Waals surface area contributed by atoms with Gasteiger partial charge in [-0.2, -0.15) is 0 Å². The molecule has 2 rings (SSSR count). The van der Waals surface area contributed by atoms with Gasteiger partial charge in [-0.05, 0) is 37.9 Å². The van der Waals surface area contributed by atoms with Crippen LogP contribution in [-0.4, -0.2) is 31.7 Å². The molecule has 5 nitrogen and oxygen atoms in total. The number of anilines is 1. The van der Waals surface area contributed by atoms with Crippen LogP contribution in [0.25, 0.3) is 0 Å². The van der Waals surface area contributed by atoms with E-state index in [-0.39, 0.29) is 5.25 Å². The van der Waals surface area contributed by atoms with E-state index in [0.29, 0.717) is 18.8 Å². The number of hydrogen-bond donors (Lipinski definition) is 2. The lowest BCUT2D eigenvalue weighted by Gasteiger charge is -2.23. The Kier molecular flexibility index (Phi) is 3.63. The van der Waals surface area contributed by atoms with Crippen molar-refractivity contribution >= 4 is 15.8 Å². The fourth-order valence-electron chi connectivity index (χ4n) is 1.84. The zero-order valence-electron chi connectivity index (χ0n) is 9.81. The van der Waals surface area contributed by atoms with Crippen molar-refractivity contribution in [2.75, 3.05) is 17.8 Å². The van der Waals surface area contributed by atoms with Crippen LogP contribution in [0.4, 0.5) is 5.82 Å². The third kappa shape index (κ3) is 3.17. The Hall–Kier alpha value is -1.14. The molecule has 0 amide bonds. The van der Waals surface area contributed by atoms with E-state index in [9.17, 15) is 8.42 Å². The quantitative estimate of drug-likeness (QED) is 0.841. The maximum atomic E-state index is 12.0. The molecule has 2 heterocycles. The van der Waals surface area contributed by atoms with E-state index in [0.717, 1.165) is 18.5 Å². The maximum Gasteiger partial charge on any atom is 0.238 e. The lowest BCUT2D eigenvalue weighted by atomic mass is 10.2. The van der Waals surface area contributed by atoms with Gasteiger partial charge in [0.05, 0.1) is 5.25 Å². The van der Waals surface area contributed by atoms with Crippen LogP contribution in [0, 0.1) is 6.92 Å². The molecule has 0 bridgehead atoms. The summed E-state index contributed by atoms with van der Waals surface area (Å²) in [6.45, 7) is 3.33. The van der Waals surface area contributed by atoms with E-state index >= 15 is 0 Å². The predicted molar refractivity (Wildman–Crippen MR) is 67.4 cm³/mol. The molecule has 0 radical (unpaired) electrons. The molecule has 0 aromatic carbocycles. The van der Waals surface area contributed by atoms with Crippen LogP contribution in [0.3, 0.4) is 0 Å². The van der Waals surface area contributed by atoms with Gasteiger partial charge in [-0.15, -0.1) is 0 Å². The molecule has 94 valence electrons. The highest BCUT2D eigenvalue weighted by atomic mass is 32.2. The van der Waals surface area contributed by atoms with Crippen molar-refractivity contribution in [3.8, 4) is 0 Å². The fraction of sp³-hybridized carbons (Fsp3) is 0.545. The van der Waals surface area contributed by atoms with Crippen molar-refractivity contribution in [1.29, 1.82) is 0 Å². The van der Waals surface area contributed by atoms with E-state index in [1.54, 1.807) is 12.3 Å². The van der Waals surface area contributed by atoms with Crippen LogP contribution < -0.4 is 10.0 Å². The summed E-state index contributed by atoms with van der Waals surface area (Å²) in [5, 5.41) is 2.73. The molecule has 1 aromatic rings. The summed E-state index contributed by atoms with van der Waals surface area (Å²) in [4.78, 5) is 4.05. The first-order chi connectivity index (χ1) is 8.08. The minimum Gasteiger partial charge on any atom is -0.315 e. The second kappa shape index (κ2) is 5.01. The molecule has 2 N–H and O–H groups in total. The van der Waals surface area contributed by atoms with Gasteiger partial charge in [-0.1, -0.05) is 6.07 Å². The van der Waals surface area contributed by atoms with Gasteiger partial charge in [0.2, 0.25) is 10.0 Å². The van der Waals surface area contributed by atoms with Gasteiger partial charge < -0.3 is 5.32 Å². The topological polar surface area (TPSA) is 71.1 Å². The van der Waals surface area contributed by atoms with Gasteiger partial charge in [-0.3, -0.25) is 4.72 Å². The summed E-state index contributed by atoms with van der Waals surface area (Å²) in [7, 11) is -3.32. The first-order valence-corrected chi connectivity index (χ1v) is 7.27. The Labute approximate surface area is 102 Å². The van der Waals surface area contributed by atoms with Crippen LogP contribution >= 0.6 is 0 Å². The Balaban J connectivity index is 2.08. The standard InChI is InChI=1S/C11H17N3O2S/c1-9-4-5-11(13-7-9)14-17(15,16)10-3-2-6-12-8-10/h4-5,7,10,12H,2-3,6,8H2,1H3,(H,13,14). The Morgan fingerprint density at radius 3 is 2.88 bits per heavy atom. The molecule has 6 heteroatoms. The highest BCUT2D eigenvalue weighted by molar-refractivity contribution is 7.93. The average Bonchev–Trinajstić information content (AvgIpc) is 2.33. The molecule has 1 fully saturated rings. The van der Waals surface area contributed by atoms with Crippen molar-refractivity contribution in [2.24, 2.45) is 0 Å². The maximum absolute atomic E-state index is 12.0. The largest absolute Gasteiger partial charge is 0.315 e. The number of aromatic nitrogens is 1. The minimum atomic E-state index is -3.32. The molecule has 1 aliphatic heterocycles. The average molecular weight is 255 g/mol. The molecule has 1 atom stereocenters. The van der Waals surface area contributed by atoms with Crippen LogP contribution in [0.15, 0.2) is 18.3 Å². The van der Waals surface area contributed by atoms with Gasteiger partial charge in [0.1, 0.15) is 5.82 Å². The lowest BCUT2D eigenvalue weighted by molar-refractivity contribution is 0.499. The predicted octanol–water partition coefficient (Wildman–Crippen LogP) is 0.884. The molecule has 0 aliphatic carbocycles. The van der Waals surface area contributed by atoms with Crippen LogP contribution in [0.2, 0.25) is 0 Å². The number of rotatable bonds is 3. The summed E-state index contributed by atoms with van der Waals surface area (Å²) in [6.07, 6.45) is 3.25. The van der Waals surface area contributed by atoms with E-state index in [1.165, 1.54) is 0 Å². The lowest BCUT2D eigenvalue weighted by Crippen LogP contribution is -2.41. The summed E-state index contributed by atoms with van der Waals surface area (Å²) < 4.78 is 26.6. The third-order valence-electron chi connectivity index (χ3n) is 2.85. The summed E-state index contributed by atoms with van der Waals surface area (Å²) >= 11 is 0. The van der Waals surface area contributed by atoms with Crippen molar-refractivity contribution in [3.63, 3.8) is 0 Å². The smallest absolute Gasteiger partial charge is 0.238 e. The van der Waals surface area contributed by atoms with Gasteiger partial charge in [0.15, 0.2) is 0 Å². The molecule has 1 saturated heterocycles. The molecule has 1 unspecified atom stereocenters. The number of nitrogens with one attached hydrogen (secondary N) is 2. The van der Waals surface area contributed by atoms with E-state index < -0.39 is 10.0 Å². The number of piperidine rings is 1. The summed E-state index contributed by atoms with van der Waals surface area (Å²) in [6, 6.07) is 3.52. The monoisotopic (exact) mass is 255 g/mol. The van der Waals surface area contributed by atoms with Gasteiger partial charge in [-0.25, -0.2) is 13.4 Å². The second-order valence-corrected chi connectivity index (χ2v) is 6.30. The zero-order chi connectivity index (χ0) is 12.3. The van der Waals surface area contributed by atoms with Crippen molar-refractivity contribution in [3.05, 3.63) is 23.9 Å². The number of sulfonamides is 1. The number of aryl methyl sites for hydroxylation is 1. The molecule has 1 aliphatic rings. The Morgan fingerprint density at radius 2 is 2.29 bits per heavy atom. The Bertz CT molecular complexity index is 464. The highest BCUT2D eigenvalue weighted by Crippen LogP contribution is 2.15. The molecular formula is C11H17N3O2S. The number of hydrogen-bond acceptors (Lipinski definition) is 4. The normalized spacial score (nSPS) is 21.1. The highest BCUT2D eigenvalue weighted by Gasteiger charge is 2.27. The number of nitrogens with zero attached hydrogens (tertiary/aromatic N) is 1. The van der Waals surface area contributed by atoms with Crippen LogP contribution in [0.1, 0.15) is 18.4 Å². The zero-order valence-corrected chi connectivity index (χ0v) is 10.6. The molecule has 0 spiro atoms. The first-order valence-electron chi connectivity index (χ1n) is 5.73. The molecular weight excluding hydrogens is 238 g/mol. The van der Waals surface area contributed by atoms with Crippen LogP contribution in [0.5, 0.6) is 0 Å². The van der Waals surface area contributed by atoms with E-state index in [1.807, 2.05) is 13.0 Å². The third-order valence-corrected chi connectivity index (χ3v) is 4.62. The van der Waals surface area contributed by atoms with Gasteiger partial charge in [0.25, 0.3) is 0 Å². The van der Waals surface area contributed by atoms with Gasteiger partial charge in [0, 0.05) is 12.7 Å². The Morgan fingerprint density at radius 1 is 1.47 bits per heavy atom. The fourth-order valence-corrected chi connectivity index (χ4v) is 3.24. The van der Waals surface area contributed by atoms with Crippen molar-refractivity contribution in [1.82, 2.24) is 10.3 Å². The second-order valence-electron chi connectivity index (χ2n) is 4.34. The molecule has 1 aromatic heterocycles. The molecule has 17 heavy (non-hydrogen) atoms. The summed E-state index contributed by atoms with van der Waals surface area (Å²) in [5.74, 6) is 0.390. The SMILES string of the molecule is Cc1ccc(NS(=O)(=O)C2CCCNC2)nc1. The number of pyridine rings is 1. The van der Waals surface area contributed by atoms with E-state index in [4.69, 9.17) is 0 Å². The first kappa shape index (κ1) is 12.3. The minimum absolute atomic E-state index is 0.362. The van der Waals surface area contributed by atoms with E-state index in [2.05, 4.69) is 15.0 Å². The molecule has 0 saturated carbocycles. The van der Waals surface area contributed by atoms with Gasteiger partial charge >= 0.3 is 0 Å². The van der Waals surface area contributed by atoms with Crippen molar-refractivity contribution in [2.45, 2.75) is 25.0 Å². The summed E-state index contributed by atoms with van der Waals surface area (Å²) in [5.41, 5.74) is 1.01. The van der Waals surface area contributed by atoms with Crippen LogP contribution in [-0.2, 0) is 10.0 Å². The van der Waals surface area contributed by atoms with Crippen molar-refractivity contribution < 1.29 is 8.42 Å².